The normalized spacial score (nSPS) is 19.9. The van der Waals surface area contributed by atoms with Crippen molar-refractivity contribution in [3.05, 3.63) is 39.8 Å². The van der Waals surface area contributed by atoms with E-state index in [1.807, 2.05) is 29.2 Å². The number of thioether (sulfide) groups is 1. The first kappa shape index (κ1) is 15.5. The van der Waals surface area contributed by atoms with Crippen molar-refractivity contribution < 1.29 is 4.79 Å². The molecule has 0 aromatic heterocycles. The van der Waals surface area contributed by atoms with E-state index in [9.17, 15) is 4.79 Å². The van der Waals surface area contributed by atoms with Crippen LogP contribution in [0.25, 0.3) is 6.08 Å². The third kappa shape index (κ3) is 3.21. The summed E-state index contributed by atoms with van der Waals surface area (Å²) in [6.07, 6.45) is 4.23. The summed E-state index contributed by atoms with van der Waals surface area (Å²) in [5, 5.41) is 0.884. The van der Waals surface area contributed by atoms with Crippen LogP contribution in [0.3, 0.4) is 0 Å². The van der Waals surface area contributed by atoms with E-state index in [1.165, 1.54) is 11.8 Å². The Labute approximate surface area is 130 Å². The summed E-state index contributed by atoms with van der Waals surface area (Å²) in [5.74, 6) is 0. The molecule has 1 aromatic rings. The summed E-state index contributed by atoms with van der Waals surface area (Å²) in [5.41, 5.74) is 0.853. The van der Waals surface area contributed by atoms with Gasteiger partial charge < -0.3 is 4.90 Å². The van der Waals surface area contributed by atoms with E-state index in [0.717, 1.165) is 34.9 Å². The molecule has 2 nitrogen and oxygen atoms in total. The highest BCUT2D eigenvalue weighted by Gasteiger charge is 2.42. The van der Waals surface area contributed by atoms with Gasteiger partial charge in [0.25, 0.3) is 5.24 Å². The Morgan fingerprint density at radius 3 is 2.55 bits per heavy atom. The molecular formula is C16H20ClNOS. The summed E-state index contributed by atoms with van der Waals surface area (Å²) in [6, 6.07) is 7.70. The van der Waals surface area contributed by atoms with Crippen LogP contribution in [0.5, 0.6) is 0 Å². The maximum Gasteiger partial charge on any atom is 0.286 e. The Hall–Kier alpha value is -0.930. The zero-order valence-electron chi connectivity index (χ0n) is 12.1. The number of amides is 1. The second-order valence-corrected chi connectivity index (χ2v) is 6.92. The van der Waals surface area contributed by atoms with Crippen LogP contribution < -0.4 is 0 Å². The molecule has 0 aliphatic carbocycles. The van der Waals surface area contributed by atoms with E-state index in [-0.39, 0.29) is 10.8 Å². The van der Waals surface area contributed by atoms with E-state index in [4.69, 9.17) is 11.6 Å². The van der Waals surface area contributed by atoms with Gasteiger partial charge >= 0.3 is 0 Å². The van der Waals surface area contributed by atoms with Crippen molar-refractivity contribution in [2.45, 2.75) is 39.2 Å². The lowest BCUT2D eigenvalue weighted by Gasteiger charge is -2.31. The fourth-order valence-corrected chi connectivity index (χ4v) is 3.54. The van der Waals surface area contributed by atoms with Gasteiger partial charge in [0.15, 0.2) is 0 Å². The van der Waals surface area contributed by atoms with Gasteiger partial charge in [-0.05, 0) is 55.8 Å². The first-order chi connectivity index (χ1) is 9.45. The SMILES string of the molecule is CCCCN1C(=O)S/C(=C\c2ccc(Cl)cc2)C1(C)C. The number of halogens is 1. The fourth-order valence-electron chi connectivity index (χ4n) is 2.24. The molecule has 1 aliphatic rings. The predicted molar refractivity (Wildman–Crippen MR) is 88.1 cm³/mol. The Balaban J connectivity index is 2.24. The molecule has 2 rings (SSSR count). The summed E-state index contributed by atoms with van der Waals surface area (Å²) >= 11 is 7.24. The molecule has 1 aliphatic heterocycles. The minimum absolute atomic E-state index is 0.156. The van der Waals surface area contributed by atoms with Crippen LogP contribution in [0.1, 0.15) is 39.2 Å². The molecule has 0 atom stereocenters. The zero-order chi connectivity index (χ0) is 14.8. The minimum Gasteiger partial charge on any atom is -0.324 e. The number of rotatable bonds is 4. The van der Waals surface area contributed by atoms with Crippen LogP contribution in [-0.4, -0.2) is 22.2 Å². The molecule has 0 bridgehead atoms. The largest absolute Gasteiger partial charge is 0.324 e. The van der Waals surface area contributed by atoms with Gasteiger partial charge in [-0.25, -0.2) is 0 Å². The number of hydrogen-bond acceptors (Lipinski definition) is 2. The Morgan fingerprint density at radius 1 is 1.30 bits per heavy atom. The number of carbonyl (C=O) groups is 1. The van der Waals surface area contributed by atoms with Gasteiger partial charge in [-0.2, -0.15) is 0 Å². The molecule has 108 valence electrons. The second kappa shape index (κ2) is 6.23. The van der Waals surface area contributed by atoms with Crippen molar-refractivity contribution in [2.75, 3.05) is 6.54 Å². The van der Waals surface area contributed by atoms with E-state index >= 15 is 0 Å². The van der Waals surface area contributed by atoms with Crippen LogP contribution in [0, 0.1) is 0 Å². The molecule has 0 radical (unpaired) electrons. The lowest BCUT2D eigenvalue weighted by atomic mass is 10.0. The number of unbranched alkanes of at least 4 members (excludes halogenated alkanes) is 1. The van der Waals surface area contributed by atoms with Gasteiger partial charge in [-0.3, -0.25) is 4.79 Å². The van der Waals surface area contributed by atoms with E-state index in [1.54, 1.807) is 0 Å². The molecule has 1 aromatic carbocycles. The molecule has 4 heteroatoms. The van der Waals surface area contributed by atoms with Crippen molar-refractivity contribution >= 4 is 34.7 Å². The van der Waals surface area contributed by atoms with Gasteiger partial charge in [0.2, 0.25) is 0 Å². The van der Waals surface area contributed by atoms with Crippen molar-refractivity contribution in [1.82, 2.24) is 4.90 Å². The summed E-state index contributed by atoms with van der Waals surface area (Å²) < 4.78 is 0. The van der Waals surface area contributed by atoms with Crippen LogP contribution in [-0.2, 0) is 0 Å². The number of nitrogens with zero attached hydrogens (tertiary/aromatic N) is 1. The Morgan fingerprint density at radius 2 is 1.95 bits per heavy atom. The van der Waals surface area contributed by atoms with E-state index < -0.39 is 0 Å². The van der Waals surface area contributed by atoms with Crippen molar-refractivity contribution in [2.24, 2.45) is 0 Å². The van der Waals surface area contributed by atoms with Gasteiger partial charge in [-0.1, -0.05) is 37.1 Å². The van der Waals surface area contributed by atoms with Crippen LogP contribution in [0.2, 0.25) is 5.02 Å². The maximum absolute atomic E-state index is 12.2. The number of benzene rings is 1. The van der Waals surface area contributed by atoms with E-state index in [0.29, 0.717) is 0 Å². The van der Waals surface area contributed by atoms with Gasteiger partial charge in [0.05, 0.1) is 5.54 Å². The van der Waals surface area contributed by atoms with Crippen LogP contribution in [0.15, 0.2) is 29.2 Å². The average molecular weight is 310 g/mol. The topological polar surface area (TPSA) is 20.3 Å². The minimum atomic E-state index is -0.226. The third-order valence-electron chi connectivity index (χ3n) is 3.60. The van der Waals surface area contributed by atoms with Crippen LogP contribution in [0.4, 0.5) is 4.79 Å². The molecule has 1 amide bonds. The van der Waals surface area contributed by atoms with E-state index in [2.05, 4.69) is 26.8 Å². The summed E-state index contributed by atoms with van der Waals surface area (Å²) in [7, 11) is 0. The first-order valence-electron chi connectivity index (χ1n) is 6.92. The molecule has 0 saturated carbocycles. The van der Waals surface area contributed by atoms with Gasteiger partial charge in [0.1, 0.15) is 0 Å². The monoisotopic (exact) mass is 309 g/mol. The Bertz CT molecular complexity index is 522. The molecule has 0 spiro atoms. The van der Waals surface area contributed by atoms with Gasteiger partial charge in [-0.15, -0.1) is 0 Å². The standard InChI is InChI=1S/C16H20ClNOS/c1-4-5-10-18-15(19)20-14(16(18,2)3)11-12-6-8-13(17)9-7-12/h6-9,11H,4-5,10H2,1-3H3/b14-11-. The lowest BCUT2D eigenvalue weighted by molar-refractivity contribution is 0.186. The quantitative estimate of drug-likeness (QED) is 0.739. The number of carbonyl (C=O) groups excluding carboxylic acids is 1. The molecule has 0 N–H and O–H groups in total. The molecule has 1 fully saturated rings. The van der Waals surface area contributed by atoms with Crippen molar-refractivity contribution in [3.63, 3.8) is 0 Å². The molecule has 0 unspecified atom stereocenters. The molecule has 1 saturated heterocycles. The smallest absolute Gasteiger partial charge is 0.286 e. The highest BCUT2D eigenvalue weighted by atomic mass is 35.5. The highest BCUT2D eigenvalue weighted by Crippen LogP contribution is 2.44. The fraction of sp³-hybridized carbons (Fsp3) is 0.438. The molecular weight excluding hydrogens is 290 g/mol. The number of hydrogen-bond donors (Lipinski definition) is 0. The summed E-state index contributed by atoms with van der Waals surface area (Å²) in [4.78, 5) is 15.3. The average Bonchev–Trinajstić information content (AvgIpc) is 2.60. The van der Waals surface area contributed by atoms with Crippen molar-refractivity contribution in [3.8, 4) is 0 Å². The molecule has 1 heterocycles. The highest BCUT2D eigenvalue weighted by molar-refractivity contribution is 8.17. The third-order valence-corrected chi connectivity index (χ3v) is 5.08. The maximum atomic E-state index is 12.2. The van der Waals surface area contributed by atoms with Crippen LogP contribution >= 0.6 is 23.4 Å². The predicted octanol–water partition coefficient (Wildman–Crippen LogP) is 5.43. The Kier molecular flexibility index (Phi) is 4.82. The first-order valence-corrected chi connectivity index (χ1v) is 8.12. The lowest BCUT2D eigenvalue weighted by Crippen LogP contribution is -2.41. The summed E-state index contributed by atoms with van der Waals surface area (Å²) in [6.45, 7) is 7.20. The van der Waals surface area contributed by atoms with Gasteiger partial charge in [0, 0.05) is 16.5 Å². The van der Waals surface area contributed by atoms with Crippen molar-refractivity contribution in [1.29, 1.82) is 0 Å². The molecule has 20 heavy (non-hydrogen) atoms. The second-order valence-electron chi connectivity index (χ2n) is 5.49. The zero-order valence-corrected chi connectivity index (χ0v) is 13.7.